The lowest BCUT2D eigenvalue weighted by Crippen LogP contribution is -2.38. The molecule has 1 fully saturated rings. The first-order valence-electron chi connectivity index (χ1n) is 10.3. The number of nitrogens with zero attached hydrogens (tertiary/aromatic N) is 6. The molecule has 3 aromatic rings. The number of aryl methyl sites for hydroxylation is 1. The lowest BCUT2D eigenvalue weighted by molar-refractivity contribution is 0.0705. The number of rotatable bonds is 4. The van der Waals surface area contributed by atoms with Crippen LogP contribution in [0.25, 0.3) is 11.1 Å². The van der Waals surface area contributed by atoms with Crippen LogP contribution in [-0.2, 0) is 0 Å². The summed E-state index contributed by atoms with van der Waals surface area (Å²) in [6.45, 7) is 3.15. The van der Waals surface area contributed by atoms with Crippen molar-refractivity contribution < 1.29 is 4.79 Å². The Labute approximate surface area is 187 Å². The molecule has 160 valence electrons. The number of piperidine rings is 1. The van der Waals surface area contributed by atoms with Crippen molar-refractivity contribution in [3.63, 3.8) is 0 Å². The highest BCUT2D eigenvalue weighted by Gasteiger charge is 2.28. The minimum absolute atomic E-state index is 0.0716. The number of anilines is 1. The smallest absolute Gasteiger partial charge is 0.274 e. The average molecular weight is 437 g/mol. The van der Waals surface area contributed by atoms with E-state index in [1.54, 1.807) is 12.4 Å². The van der Waals surface area contributed by atoms with Gasteiger partial charge in [0.05, 0.1) is 17.6 Å². The summed E-state index contributed by atoms with van der Waals surface area (Å²) in [6.07, 6.45) is 6.70. The van der Waals surface area contributed by atoms with Crippen LogP contribution in [0.2, 0.25) is 5.02 Å². The molecule has 0 aliphatic carbocycles. The zero-order chi connectivity index (χ0) is 22.0. The molecule has 1 saturated heterocycles. The quantitative estimate of drug-likeness (QED) is 0.615. The third-order valence-electron chi connectivity index (χ3n) is 5.51. The summed E-state index contributed by atoms with van der Waals surface area (Å²) in [7, 11) is 3.87. The Bertz CT molecular complexity index is 1080. The average Bonchev–Trinajstić information content (AvgIpc) is 2.79. The van der Waals surface area contributed by atoms with Gasteiger partial charge in [0, 0.05) is 56.1 Å². The number of carbonyl (C=O) groups excluding carboxylic acids is 1. The molecule has 0 saturated carbocycles. The Balaban J connectivity index is 1.57. The second-order valence-corrected chi connectivity index (χ2v) is 8.42. The lowest BCUT2D eigenvalue weighted by Gasteiger charge is -2.32. The van der Waals surface area contributed by atoms with Crippen molar-refractivity contribution in [1.82, 2.24) is 24.8 Å². The molecular weight excluding hydrogens is 412 g/mol. The molecule has 1 amide bonds. The Morgan fingerprint density at radius 3 is 2.52 bits per heavy atom. The summed E-state index contributed by atoms with van der Waals surface area (Å²) in [5, 5.41) is 0.680. The van der Waals surface area contributed by atoms with Crippen LogP contribution >= 0.6 is 11.6 Å². The maximum absolute atomic E-state index is 12.8. The molecule has 31 heavy (non-hydrogen) atoms. The minimum atomic E-state index is -0.0716. The molecule has 2 aromatic heterocycles. The number of benzene rings is 1. The molecule has 0 unspecified atom stereocenters. The molecule has 0 N–H and O–H groups in total. The van der Waals surface area contributed by atoms with Gasteiger partial charge in [0.15, 0.2) is 0 Å². The maximum atomic E-state index is 12.8. The van der Waals surface area contributed by atoms with Crippen molar-refractivity contribution in [2.45, 2.75) is 25.7 Å². The first kappa shape index (κ1) is 21.2. The molecular formula is C23H25ClN6O. The molecule has 4 rings (SSSR count). The van der Waals surface area contributed by atoms with Gasteiger partial charge < -0.3 is 9.80 Å². The van der Waals surface area contributed by atoms with Crippen LogP contribution in [0, 0.1) is 6.92 Å². The fraction of sp³-hybridized carbons (Fsp3) is 0.348. The number of aromatic nitrogens is 4. The molecule has 1 aliphatic rings. The van der Waals surface area contributed by atoms with Gasteiger partial charge in [-0.05, 0) is 37.5 Å². The molecule has 0 spiro atoms. The van der Waals surface area contributed by atoms with Crippen LogP contribution in [0.15, 0.2) is 42.9 Å². The highest BCUT2D eigenvalue weighted by atomic mass is 35.5. The van der Waals surface area contributed by atoms with Gasteiger partial charge in [-0.25, -0.2) is 15.0 Å². The van der Waals surface area contributed by atoms with Crippen LogP contribution in [0.1, 0.15) is 40.6 Å². The van der Waals surface area contributed by atoms with Crippen molar-refractivity contribution in [2.75, 3.05) is 32.1 Å². The Hall–Kier alpha value is -3.06. The minimum Gasteiger partial charge on any atom is -0.347 e. The zero-order valence-electron chi connectivity index (χ0n) is 17.9. The van der Waals surface area contributed by atoms with Crippen LogP contribution < -0.4 is 4.90 Å². The maximum Gasteiger partial charge on any atom is 0.274 e. The number of halogens is 1. The van der Waals surface area contributed by atoms with Crippen molar-refractivity contribution in [2.24, 2.45) is 0 Å². The van der Waals surface area contributed by atoms with Gasteiger partial charge >= 0.3 is 0 Å². The highest BCUT2D eigenvalue weighted by Crippen LogP contribution is 2.35. The van der Waals surface area contributed by atoms with E-state index in [1.807, 2.05) is 61.3 Å². The number of likely N-dealkylation sites (tertiary alicyclic amines) is 1. The Morgan fingerprint density at radius 1 is 1.10 bits per heavy atom. The zero-order valence-corrected chi connectivity index (χ0v) is 18.7. The fourth-order valence-electron chi connectivity index (χ4n) is 3.81. The second kappa shape index (κ2) is 8.98. The fourth-order valence-corrected chi connectivity index (χ4v) is 4.00. The first-order chi connectivity index (χ1) is 14.9. The molecule has 8 heteroatoms. The van der Waals surface area contributed by atoms with Crippen LogP contribution in [0.4, 0.5) is 5.95 Å². The van der Waals surface area contributed by atoms with E-state index in [2.05, 4.69) is 15.0 Å². The summed E-state index contributed by atoms with van der Waals surface area (Å²) in [5.41, 5.74) is 4.18. The third kappa shape index (κ3) is 4.66. The van der Waals surface area contributed by atoms with E-state index in [0.717, 1.165) is 35.4 Å². The van der Waals surface area contributed by atoms with Gasteiger partial charge in [-0.15, -0.1) is 0 Å². The molecule has 1 aliphatic heterocycles. The normalized spacial score (nSPS) is 14.5. The van der Waals surface area contributed by atoms with Crippen molar-refractivity contribution in [3.05, 3.63) is 65.0 Å². The van der Waals surface area contributed by atoms with Gasteiger partial charge in [0.1, 0.15) is 5.69 Å². The number of carbonyl (C=O) groups is 1. The predicted octanol–water partition coefficient (Wildman–Crippen LogP) is 3.98. The van der Waals surface area contributed by atoms with E-state index in [0.29, 0.717) is 29.8 Å². The summed E-state index contributed by atoms with van der Waals surface area (Å²) >= 11 is 6.23. The summed E-state index contributed by atoms with van der Waals surface area (Å²) in [4.78, 5) is 34.4. The number of amides is 1. The number of hydrogen-bond donors (Lipinski definition) is 0. The van der Waals surface area contributed by atoms with Gasteiger partial charge in [0.25, 0.3) is 5.91 Å². The van der Waals surface area contributed by atoms with Crippen molar-refractivity contribution >= 4 is 23.5 Å². The monoisotopic (exact) mass is 436 g/mol. The largest absolute Gasteiger partial charge is 0.347 e. The lowest BCUT2D eigenvalue weighted by atomic mass is 9.89. The molecule has 0 atom stereocenters. The molecule has 3 heterocycles. The summed E-state index contributed by atoms with van der Waals surface area (Å²) in [6, 6.07) is 7.76. The van der Waals surface area contributed by atoms with E-state index in [4.69, 9.17) is 16.6 Å². The predicted molar refractivity (Wildman–Crippen MR) is 121 cm³/mol. The van der Waals surface area contributed by atoms with Gasteiger partial charge in [0.2, 0.25) is 5.95 Å². The van der Waals surface area contributed by atoms with E-state index in [-0.39, 0.29) is 11.8 Å². The van der Waals surface area contributed by atoms with E-state index in [9.17, 15) is 4.79 Å². The summed E-state index contributed by atoms with van der Waals surface area (Å²) < 4.78 is 0. The molecule has 0 radical (unpaired) electrons. The second-order valence-electron chi connectivity index (χ2n) is 7.98. The standard InChI is InChI=1S/C23H25ClN6O/c1-15-12-26-20(14-25-15)22(31)30-9-7-16(8-10-30)21-19(13-27-23(28-21)29(2)3)17-5-4-6-18(24)11-17/h4-6,11-14,16H,7-10H2,1-3H3. The van der Waals surface area contributed by atoms with Crippen LogP contribution in [0.3, 0.4) is 0 Å². The number of hydrogen-bond acceptors (Lipinski definition) is 6. The van der Waals surface area contributed by atoms with E-state index >= 15 is 0 Å². The summed E-state index contributed by atoms with van der Waals surface area (Å²) in [5.74, 6) is 0.829. The van der Waals surface area contributed by atoms with Gasteiger partial charge in [-0.1, -0.05) is 23.7 Å². The third-order valence-corrected chi connectivity index (χ3v) is 5.75. The van der Waals surface area contributed by atoms with Crippen LogP contribution in [0.5, 0.6) is 0 Å². The van der Waals surface area contributed by atoms with Crippen molar-refractivity contribution in [3.8, 4) is 11.1 Å². The SMILES string of the molecule is Cc1cnc(C(=O)N2CCC(c3nc(N(C)C)ncc3-c3cccc(Cl)c3)CC2)cn1. The van der Waals surface area contributed by atoms with Crippen LogP contribution in [-0.4, -0.2) is 57.9 Å². The molecule has 7 nitrogen and oxygen atoms in total. The van der Waals surface area contributed by atoms with Gasteiger partial charge in [-0.3, -0.25) is 9.78 Å². The highest BCUT2D eigenvalue weighted by molar-refractivity contribution is 6.30. The topological polar surface area (TPSA) is 75.1 Å². The Morgan fingerprint density at radius 2 is 1.87 bits per heavy atom. The van der Waals surface area contributed by atoms with E-state index in [1.165, 1.54) is 0 Å². The first-order valence-corrected chi connectivity index (χ1v) is 10.7. The molecule has 1 aromatic carbocycles. The van der Waals surface area contributed by atoms with Crippen molar-refractivity contribution in [1.29, 1.82) is 0 Å². The van der Waals surface area contributed by atoms with Gasteiger partial charge in [-0.2, -0.15) is 0 Å². The Kier molecular flexibility index (Phi) is 6.13. The van der Waals surface area contributed by atoms with E-state index < -0.39 is 0 Å². The molecule has 0 bridgehead atoms.